The molecule has 2 atom stereocenters. The van der Waals surface area contributed by atoms with Gasteiger partial charge in [0.25, 0.3) is 23.6 Å². The number of alkyl halides is 3. The summed E-state index contributed by atoms with van der Waals surface area (Å²) in [5.74, 6) is -2.90. The molecule has 5 aromatic carbocycles. The fourth-order valence-corrected chi connectivity index (χ4v) is 7.79. The Morgan fingerprint density at radius 1 is 0.565 bits per heavy atom. The van der Waals surface area contributed by atoms with Crippen molar-refractivity contribution in [1.29, 1.82) is 0 Å². The number of nitrogens with zero attached hydrogens (tertiary/aromatic N) is 4. The number of carbonyl (C=O) groups is 6. The van der Waals surface area contributed by atoms with Crippen LogP contribution in [0.5, 0.6) is 11.5 Å². The summed E-state index contributed by atoms with van der Waals surface area (Å²) < 4.78 is 11.3. The number of carbonyl (C=O) groups excluding carboxylic acids is 6. The molecule has 0 aliphatic heterocycles. The van der Waals surface area contributed by atoms with Crippen LogP contribution in [-0.4, -0.2) is 66.4 Å². The number of Topliss-reactive ketones (excluding diaryl/α,β-unsaturated/α-hetero) is 2. The predicted octanol–water partition coefficient (Wildman–Crippen LogP) is 11.9. The first-order chi connectivity index (χ1) is 33.1. The summed E-state index contributed by atoms with van der Waals surface area (Å²) >= 11 is 31.6. The van der Waals surface area contributed by atoms with E-state index in [2.05, 4.69) is 41.7 Å². The fourth-order valence-electron chi connectivity index (χ4n) is 6.54. The van der Waals surface area contributed by atoms with E-state index in [-0.39, 0.29) is 68.0 Å². The summed E-state index contributed by atoms with van der Waals surface area (Å²) in [6, 6.07) is 20.3. The molecule has 5 rings (SSSR count). The lowest BCUT2D eigenvalue weighted by Gasteiger charge is -2.16. The van der Waals surface area contributed by atoms with Crippen molar-refractivity contribution in [3.05, 3.63) is 129 Å². The monoisotopic (exact) mass is 1040 g/mol. The summed E-state index contributed by atoms with van der Waals surface area (Å²) in [5, 5.41) is 26.8. The maximum absolute atomic E-state index is 13.6. The zero-order chi connectivity index (χ0) is 50.2. The van der Waals surface area contributed by atoms with Crippen molar-refractivity contribution >= 4 is 127 Å². The first-order valence-electron chi connectivity index (χ1n) is 21.1. The number of hydrogen-bond donors (Lipinski definition) is 4. The van der Waals surface area contributed by atoms with Gasteiger partial charge in [-0.05, 0) is 106 Å². The third kappa shape index (κ3) is 13.9. The van der Waals surface area contributed by atoms with Gasteiger partial charge in [0.15, 0.2) is 11.6 Å². The zero-order valence-corrected chi connectivity index (χ0v) is 41.3. The van der Waals surface area contributed by atoms with Crippen LogP contribution in [0.3, 0.4) is 0 Å². The lowest BCUT2D eigenvalue weighted by Crippen LogP contribution is -2.32. The molecule has 4 amide bonds. The molecule has 0 fully saturated rings. The number of halogens is 5. The Balaban J connectivity index is 1.29. The molecule has 0 saturated carbocycles. The van der Waals surface area contributed by atoms with Gasteiger partial charge in [0, 0.05) is 39.8 Å². The molecule has 0 radical (unpaired) electrons. The number of anilines is 4. The van der Waals surface area contributed by atoms with E-state index in [0.29, 0.717) is 52.8 Å². The van der Waals surface area contributed by atoms with E-state index >= 15 is 0 Å². The highest BCUT2D eigenvalue weighted by Gasteiger charge is 2.27. The Kier molecular flexibility index (Phi) is 20.0. The number of ether oxygens (including phenoxy) is 2. The summed E-state index contributed by atoms with van der Waals surface area (Å²) in [6.07, 6.45) is 0.198. The van der Waals surface area contributed by atoms with E-state index in [9.17, 15) is 28.8 Å². The Labute approximate surface area is 422 Å². The van der Waals surface area contributed by atoms with Crippen LogP contribution in [-0.2, 0) is 37.4 Å². The molecule has 0 spiro atoms. The van der Waals surface area contributed by atoms with E-state index in [1.54, 1.807) is 36.4 Å². The number of rotatable bonds is 22. The smallest absolute Gasteiger partial charge is 0.258 e. The Morgan fingerprint density at radius 3 is 1.43 bits per heavy atom. The minimum absolute atomic E-state index is 0.0108. The van der Waals surface area contributed by atoms with Gasteiger partial charge in [-0.25, -0.2) is 0 Å². The highest BCUT2D eigenvalue weighted by Crippen LogP contribution is 2.35. The van der Waals surface area contributed by atoms with Crippen LogP contribution in [0, 0.1) is 0 Å². The van der Waals surface area contributed by atoms with Gasteiger partial charge in [-0.3, -0.25) is 28.8 Å². The summed E-state index contributed by atoms with van der Waals surface area (Å²) in [6.45, 7) is 6.75. The average Bonchev–Trinajstić information content (AvgIpc) is 3.31. The van der Waals surface area contributed by atoms with Crippen molar-refractivity contribution in [3.63, 3.8) is 0 Å². The second kappa shape index (κ2) is 25.8. The van der Waals surface area contributed by atoms with Crippen LogP contribution in [0.25, 0.3) is 0 Å². The second-order valence-electron chi connectivity index (χ2n) is 14.6. The van der Waals surface area contributed by atoms with Crippen molar-refractivity contribution in [1.82, 2.24) is 0 Å². The average molecular weight is 1040 g/mol. The fraction of sp³-hybridized carbons (Fsp3) is 0.250. The standard InChI is InChI=1S/C48H45Cl5N8O8/c1-5-68-39-17-9-13-35(32(39)24-50)56-45(64)30-11-7-15-37(41(30)52)58-60-43(26(3)62)47(66)54-29-19-20-34(28(23-29)21-22-49)55-48(67)44(27(4)63)61-59-38-16-8-12-31(42(38)53)46(65)57-36-14-10-18-40(69-6-2)33(36)25-51/h7-20,23,43-44H,5-6,21-22,24-25H2,1-4H3,(H,54,66)(H,55,67)(H,56,64)(H,57,65). The third-order valence-electron chi connectivity index (χ3n) is 9.90. The molecule has 0 aromatic heterocycles. The molecule has 5 aromatic rings. The number of azo groups is 2. The Bertz CT molecular complexity index is 2810. The van der Waals surface area contributed by atoms with Gasteiger partial charge < -0.3 is 30.7 Å². The van der Waals surface area contributed by atoms with Crippen molar-refractivity contribution < 1.29 is 38.2 Å². The van der Waals surface area contributed by atoms with Crippen molar-refractivity contribution in [2.75, 3.05) is 40.4 Å². The highest BCUT2D eigenvalue weighted by atomic mass is 35.5. The van der Waals surface area contributed by atoms with Gasteiger partial charge in [-0.15, -0.1) is 34.8 Å². The van der Waals surface area contributed by atoms with Crippen LogP contribution in [0.2, 0.25) is 10.0 Å². The Hall–Kier alpha value is -6.43. The molecular formula is C48H45Cl5N8O8. The van der Waals surface area contributed by atoms with E-state index < -0.39 is 47.3 Å². The van der Waals surface area contributed by atoms with Gasteiger partial charge in [-0.1, -0.05) is 47.5 Å². The second-order valence-corrected chi connectivity index (χ2v) is 16.3. The van der Waals surface area contributed by atoms with Crippen LogP contribution in [0.15, 0.2) is 111 Å². The number of nitrogens with one attached hydrogen (secondary N) is 4. The van der Waals surface area contributed by atoms with E-state index in [0.717, 1.165) is 13.8 Å². The molecule has 21 heteroatoms. The first kappa shape index (κ1) is 53.5. The van der Waals surface area contributed by atoms with Gasteiger partial charge in [0.05, 0.1) is 46.1 Å². The molecule has 0 heterocycles. The minimum Gasteiger partial charge on any atom is -0.493 e. The molecule has 2 unspecified atom stereocenters. The van der Waals surface area contributed by atoms with Gasteiger partial charge in [0.1, 0.15) is 22.9 Å². The molecule has 16 nitrogen and oxygen atoms in total. The lowest BCUT2D eigenvalue weighted by atomic mass is 10.1. The lowest BCUT2D eigenvalue weighted by molar-refractivity contribution is -0.127. The van der Waals surface area contributed by atoms with E-state index in [4.69, 9.17) is 67.5 Å². The zero-order valence-electron chi connectivity index (χ0n) is 37.5. The van der Waals surface area contributed by atoms with Crippen molar-refractivity contribution in [3.8, 4) is 11.5 Å². The van der Waals surface area contributed by atoms with Gasteiger partial charge in [0.2, 0.25) is 12.1 Å². The maximum atomic E-state index is 13.6. The SMILES string of the molecule is CCOc1cccc(NC(=O)c2cccc(N=NC(C(C)=O)C(=O)Nc3ccc(NC(=O)C(N=Nc4cccc(C(=O)Nc5cccc(OCC)c5CCl)c4Cl)C(C)=O)c(CCCl)c3)c2Cl)c1CCl. The van der Waals surface area contributed by atoms with Crippen molar-refractivity contribution in [2.45, 2.75) is 58.0 Å². The minimum atomic E-state index is -1.64. The van der Waals surface area contributed by atoms with E-state index in [1.165, 1.54) is 54.6 Å². The quantitative estimate of drug-likeness (QED) is 0.0296. The highest BCUT2D eigenvalue weighted by molar-refractivity contribution is 6.37. The van der Waals surface area contributed by atoms with Crippen LogP contribution in [0.1, 0.15) is 65.1 Å². The number of benzene rings is 5. The number of aryl methyl sites for hydroxylation is 1. The molecule has 0 saturated heterocycles. The van der Waals surface area contributed by atoms with Crippen molar-refractivity contribution in [2.24, 2.45) is 20.5 Å². The molecule has 69 heavy (non-hydrogen) atoms. The van der Waals surface area contributed by atoms with Crippen LogP contribution in [0.4, 0.5) is 34.1 Å². The summed E-state index contributed by atoms with van der Waals surface area (Å²) in [4.78, 5) is 79.2. The molecule has 0 bridgehead atoms. The molecule has 360 valence electrons. The Morgan fingerprint density at radius 2 is 1.01 bits per heavy atom. The van der Waals surface area contributed by atoms with Crippen LogP contribution < -0.4 is 30.7 Å². The number of ketones is 2. The number of amides is 4. The summed E-state index contributed by atoms with van der Waals surface area (Å²) in [7, 11) is 0. The molecule has 4 N–H and O–H groups in total. The maximum Gasteiger partial charge on any atom is 0.258 e. The molecule has 0 aliphatic carbocycles. The normalized spacial score (nSPS) is 12.0. The van der Waals surface area contributed by atoms with Gasteiger partial charge >= 0.3 is 0 Å². The largest absolute Gasteiger partial charge is 0.493 e. The summed E-state index contributed by atoms with van der Waals surface area (Å²) in [5.41, 5.74) is 2.98. The topological polar surface area (TPSA) is 218 Å². The van der Waals surface area contributed by atoms with E-state index in [1.807, 2.05) is 13.8 Å². The third-order valence-corrected chi connectivity index (χ3v) is 11.4. The van der Waals surface area contributed by atoms with Crippen LogP contribution >= 0.6 is 58.0 Å². The predicted molar refractivity (Wildman–Crippen MR) is 269 cm³/mol. The van der Waals surface area contributed by atoms with Gasteiger partial charge in [-0.2, -0.15) is 20.5 Å². The first-order valence-corrected chi connectivity index (χ1v) is 23.5. The molecular weight excluding hydrogens is 994 g/mol. The number of hydrogen-bond acceptors (Lipinski definition) is 12. The molecule has 0 aliphatic rings.